The zero-order valence-corrected chi connectivity index (χ0v) is 10.2. The fraction of sp³-hybridized carbons (Fsp3) is 0.364. The van der Waals surface area contributed by atoms with Crippen LogP contribution >= 0.6 is 0 Å². The quantitative estimate of drug-likeness (QED) is 0.439. The molecule has 0 saturated carbocycles. The van der Waals surface area contributed by atoms with E-state index >= 15 is 0 Å². The van der Waals surface area contributed by atoms with Crippen LogP contribution in [0.5, 0.6) is 5.75 Å². The molecule has 7 heteroatoms. The Morgan fingerprint density at radius 3 is 2.72 bits per heavy atom. The number of ether oxygens (including phenoxy) is 1. The summed E-state index contributed by atoms with van der Waals surface area (Å²) in [5, 5.41) is 16.3. The Balaban J connectivity index is 2.97. The van der Waals surface area contributed by atoms with Gasteiger partial charge in [-0.05, 0) is 13.1 Å². The van der Waals surface area contributed by atoms with Crippen LogP contribution < -0.4 is 15.4 Å². The number of rotatable bonds is 6. The van der Waals surface area contributed by atoms with Crippen LogP contribution in [0.2, 0.25) is 0 Å². The largest absolute Gasteiger partial charge is 0.490 e. The molecule has 0 aromatic heterocycles. The van der Waals surface area contributed by atoms with Crippen molar-refractivity contribution in [1.29, 1.82) is 0 Å². The van der Waals surface area contributed by atoms with Crippen LogP contribution in [0.25, 0.3) is 0 Å². The number of methoxy groups -OCH3 is 1. The molecular weight excluding hydrogens is 238 g/mol. The molecule has 1 aromatic carbocycles. The van der Waals surface area contributed by atoms with Crippen molar-refractivity contribution in [1.82, 2.24) is 10.6 Å². The maximum atomic E-state index is 11.8. The van der Waals surface area contributed by atoms with E-state index in [1.807, 2.05) is 0 Å². The standard InChI is InChI=1S/C11H15N3O4/c1-12-6-7-13-11(15)8-4-3-5-9(14(16)17)10(8)18-2/h3-5,12H,6-7H2,1-2H3,(H,13,15). The lowest BCUT2D eigenvalue weighted by Crippen LogP contribution is -2.30. The van der Waals surface area contributed by atoms with Crippen molar-refractivity contribution in [2.24, 2.45) is 0 Å². The van der Waals surface area contributed by atoms with E-state index in [1.165, 1.54) is 25.3 Å². The zero-order valence-electron chi connectivity index (χ0n) is 10.2. The van der Waals surface area contributed by atoms with Crippen LogP contribution in [0.4, 0.5) is 5.69 Å². The molecule has 98 valence electrons. The summed E-state index contributed by atoms with van der Waals surface area (Å²) >= 11 is 0. The second-order valence-corrected chi connectivity index (χ2v) is 3.47. The number of carbonyl (C=O) groups is 1. The molecular formula is C11H15N3O4. The van der Waals surface area contributed by atoms with E-state index in [2.05, 4.69) is 10.6 Å². The van der Waals surface area contributed by atoms with Crippen LogP contribution in [-0.2, 0) is 0 Å². The average molecular weight is 253 g/mol. The number of hydrogen-bond acceptors (Lipinski definition) is 5. The number of para-hydroxylation sites is 1. The minimum Gasteiger partial charge on any atom is -0.490 e. The Bertz CT molecular complexity index is 448. The van der Waals surface area contributed by atoms with E-state index in [-0.39, 0.29) is 17.0 Å². The van der Waals surface area contributed by atoms with Crippen molar-refractivity contribution < 1.29 is 14.5 Å². The third-order valence-electron chi connectivity index (χ3n) is 2.30. The van der Waals surface area contributed by atoms with Gasteiger partial charge in [-0.25, -0.2) is 0 Å². The van der Waals surface area contributed by atoms with Gasteiger partial charge in [0.25, 0.3) is 5.91 Å². The number of likely N-dealkylation sites (N-methyl/N-ethyl adjacent to an activating group) is 1. The summed E-state index contributed by atoms with van der Waals surface area (Å²) in [6.45, 7) is 1.05. The average Bonchev–Trinajstić information content (AvgIpc) is 2.37. The lowest BCUT2D eigenvalue weighted by molar-refractivity contribution is -0.385. The van der Waals surface area contributed by atoms with Gasteiger partial charge in [0, 0.05) is 19.2 Å². The van der Waals surface area contributed by atoms with Gasteiger partial charge in [0.15, 0.2) is 0 Å². The van der Waals surface area contributed by atoms with Crippen molar-refractivity contribution in [3.63, 3.8) is 0 Å². The van der Waals surface area contributed by atoms with Gasteiger partial charge in [-0.15, -0.1) is 0 Å². The predicted octanol–water partition coefficient (Wildman–Crippen LogP) is 0.553. The minimum atomic E-state index is -0.580. The lowest BCUT2D eigenvalue weighted by Gasteiger charge is -2.09. The first kappa shape index (κ1) is 13.9. The number of nitrogens with one attached hydrogen (secondary N) is 2. The predicted molar refractivity (Wildman–Crippen MR) is 65.9 cm³/mol. The highest BCUT2D eigenvalue weighted by Crippen LogP contribution is 2.30. The lowest BCUT2D eigenvalue weighted by atomic mass is 10.1. The van der Waals surface area contributed by atoms with Crippen LogP contribution in [0.1, 0.15) is 10.4 Å². The third kappa shape index (κ3) is 3.17. The van der Waals surface area contributed by atoms with Crippen LogP contribution in [-0.4, -0.2) is 38.1 Å². The molecule has 0 saturated heterocycles. The Morgan fingerprint density at radius 2 is 2.17 bits per heavy atom. The van der Waals surface area contributed by atoms with Gasteiger partial charge in [-0.3, -0.25) is 14.9 Å². The zero-order chi connectivity index (χ0) is 13.5. The number of nitro groups is 1. The Kier molecular flexibility index (Phi) is 5.06. The normalized spacial score (nSPS) is 9.89. The van der Waals surface area contributed by atoms with Gasteiger partial charge in [0.05, 0.1) is 17.6 Å². The van der Waals surface area contributed by atoms with E-state index < -0.39 is 10.8 Å². The molecule has 0 fully saturated rings. The smallest absolute Gasteiger partial charge is 0.311 e. The summed E-state index contributed by atoms with van der Waals surface area (Å²) in [5.41, 5.74) is -0.0680. The van der Waals surface area contributed by atoms with Gasteiger partial charge < -0.3 is 15.4 Å². The molecule has 1 rings (SSSR count). The molecule has 0 aliphatic heterocycles. The number of nitrogens with zero attached hydrogens (tertiary/aromatic N) is 1. The molecule has 0 heterocycles. The van der Waals surface area contributed by atoms with Gasteiger partial charge in [0.1, 0.15) is 0 Å². The SMILES string of the molecule is CNCCNC(=O)c1cccc([N+](=O)[O-])c1OC. The van der Waals surface area contributed by atoms with Crippen LogP contribution in [0.15, 0.2) is 18.2 Å². The summed E-state index contributed by atoms with van der Waals surface area (Å²) in [6.07, 6.45) is 0. The molecule has 2 N–H and O–H groups in total. The maximum absolute atomic E-state index is 11.8. The summed E-state index contributed by atoms with van der Waals surface area (Å²) in [6, 6.07) is 4.23. The molecule has 0 unspecified atom stereocenters. The van der Waals surface area contributed by atoms with Crippen molar-refractivity contribution in [2.45, 2.75) is 0 Å². The molecule has 1 amide bonds. The van der Waals surface area contributed by atoms with E-state index in [0.717, 1.165) is 0 Å². The van der Waals surface area contributed by atoms with Gasteiger partial charge in [0.2, 0.25) is 5.75 Å². The first-order valence-corrected chi connectivity index (χ1v) is 5.36. The topological polar surface area (TPSA) is 93.5 Å². The van der Waals surface area contributed by atoms with Crippen molar-refractivity contribution in [3.8, 4) is 5.75 Å². The van der Waals surface area contributed by atoms with Crippen molar-refractivity contribution >= 4 is 11.6 Å². The Hall–Kier alpha value is -2.15. The summed E-state index contributed by atoms with van der Waals surface area (Å²) < 4.78 is 4.95. The van der Waals surface area contributed by atoms with Gasteiger partial charge in [-0.2, -0.15) is 0 Å². The molecule has 1 aromatic rings. The molecule has 18 heavy (non-hydrogen) atoms. The monoisotopic (exact) mass is 253 g/mol. The highest BCUT2D eigenvalue weighted by atomic mass is 16.6. The highest BCUT2D eigenvalue weighted by molar-refractivity contribution is 5.98. The molecule has 0 aliphatic carbocycles. The second kappa shape index (κ2) is 6.55. The fourth-order valence-electron chi connectivity index (χ4n) is 1.46. The summed E-state index contributed by atoms with van der Waals surface area (Å²) in [4.78, 5) is 22.1. The second-order valence-electron chi connectivity index (χ2n) is 3.47. The number of benzene rings is 1. The third-order valence-corrected chi connectivity index (χ3v) is 2.30. The van der Waals surface area contributed by atoms with E-state index in [4.69, 9.17) is 4.74 Å². The Labute approximate surface area is 104 Å². The Morgan fingerprint density at radius 1 is 1.44 bits per heavy atom. The van der Waals surface area contributed by atoms with E-state index in [0.29, 0.717) is 13.1 Å². The van der Waals surface area contributed by atoms with Crippen LogP contribution in [0, 0.1) is 10.1 Å². The van der Waals surface area contributed by atoms with Crippen molar-refractivity contribution in [3.05, 3.63) is 33.9 Å². The minimum absolute atomic E-state index is 0.0237. The molecule has 0 aliphatic rings. The van der Waals surface area contributed by atoms with Gasteiger partial charge in [-0.1, -0.05) is 6.07 Å². The molecule has 0 atom stereocenters. The number of carbonyl (C=O) groups excluding carboxylic acids is 1. The first-order valence-electron chi connectivity index (χ1n) is 5.36. The van der Waals surface area contributed by atoms with Crippen LogP contribution in [0.3, 0.4) is 0 Å². The van der Waals surface area contributed by atoms with E-state index in [9.17, 15) is 14.9 Å². The summed E-state index contributed by atoms with van der Waals surface area (Å²) in [5.74, 6) is -0.421. The maximum Gasteiger partial charge on any atom is 0.311 e. The molecule has 0 radical (unpaired) electrons. The fourth-order valence-corrected chi connectivity index (χ4v) is 1.46. The number of nitro benzene ring substituents is 1. The molecule has 0 spiro atoms. The van der Waals surface area contributed by atoms with Crippen molar-refractivity contribution in [2.75, 3.05) is 27.2 Å². The van der Waals surface area contributed by atoms with E-state index in [1.54, 1.807) is 7.05 Å². The highest BCUT2D eigenvalue weighted by Gasteiger charge is 2.21. The number of hydrogen-bond donors (Lipinski definition) is 2. The first-order chi connectivity index (χ1) is 8.61. The van der Waals surface area contributed by atoms with Gasteiger partial charge >= 0.3 is 5.69 Å². The number of amides is 1. The molecule has 0 bridgehead atoms. The molecule has 7 nitrogen and oxygen atoms in total. The summed E-state index contributed by atoms with van der Waals surface area (Å²) in [7, 11) is 3.06.